The molecule has 0 aromatic rings. The summed E-state index contributed by atoms with van der Waals surface area (Å²) in [5, 5.41) is 0. The molecule has 0 aromatic heterocycles. The van der Waals surface area contributed by atoms with Gasteiger partial charge in [-0.1, -0.05) is 26.8 Å². The largest absolute Gasteiger partial charge is 0.295 e. The molecule has 2 rings (SSSR count). The second-order valence-corrected chi connectivity index (χ2v) is 6.65. The van der Waals surface area contributed by atoms with Gasteiger partial charge in [-0.3, -0.25) is 4.79 Å². The highest BCUT2D eigenvalue weighted by atomic mass is 16.1. The summed E-state index contributed by atoms with van der Waals surface area (Å²) in [4.78, 5) is 11.2. The van der Waals surface area contributed by atoms with Gasteiger partial charge in [0.2, 0.25) is 0 Å². The molecular weight excluding hydrogens is 196 g/mol. The Kier molecular flexibility index (Phi) is 2.56. The van der Waals surface area contributed by atoms with Crippen LogP contribution in [0.3, 0.4) is 0 Å². The van der Waals surface area contributed by atoms with Crippen molar-refractivity contribution in [3.8, 4) is 0 Å². The van der Waals surface area contributed by atoms with Gasteiger partial charge in [0.1, 0.15) is 0 Å². The number of hydrogen-bond donors (Lipinski definition) is 0. The molecule has 0 N–H and O–H groups in total. The summed E-state index contributed by atoms with van der Waals surface area (Å²) in [7, 11) is 0. The highest BCUT2D eigenvalue weighted by Crippen LogP contribution is 2.74. The zero-order valence-electron chi connectivity index (χ0n) is 11.3. The van der Waals surface area contributed by atoms with Gasteiger partial charge in [0, 0.05) is 0 Å². The molecule has 2 aliphatic carbocycles. The van der Waals surface area contributed by atoms with Crippen LogP contribution in [0.5, 0.6) is 0 Å². The summed E-state index contributed by atoms with van der Waals surface area (Å²) in [6, 6.07) is 0. The smallest absolute Gasteiger partial charge is 0.155 e. The molecule has 0 spiro atoms. The molecule has 0 aliphatic heterocycles. The van der Waals surface area contributed by atoms with Crippen molar-refractivity contribution < 1.29 is 4.79 Å². The SMILES string of the molecule is CC(=O)/C(C)=C/CC1CC2CC2(C)C1(C)C. The summed E-state index contributed by atoms with van der Waals surface area (Å²) >= 11 is 0. The number of carbonyl (C=O) groups is 1. The van der Waals surface area contributed by atoms with Crippen molar-refractivity contribution in [3.05, 3.63) is 11.6 Å². The fourth-order valence-electron chi connectivity index (χ4n) is 3.54. The summed E-state index contributed by atoms with van der Waals surface area (Å²) in [5.41, 5.74) is 1.97. The third kappa shape index (κ3) is 1.56. The normalized spacial score (nSPS) is 40.7. The maximum absolute atomic E-state index is 11.2. The lowest BCUT2D eigenvalue weighted by Crippen LogP contribution is -2.27. The third-order valence-electron chi connectivity index (χ3n) is 5.74. The molecule has 2 saturated carbocycles. The van der Waals surface area contributed by atoms with E-state index in [9.17, 15) is 4.79 Å². The molecule has 3 unspecified atom stereocenters. The molecule has 2 fully saturated rings. The molecule has 0 radical (unpaired) electrons. The van der Waals surface area contributed by atoms with Crippen LogP contribution < -0.4 is 0 Å². The van der Waals surface area contributed by atoms with Crippen LogP contribution in [0.2, 0.25) is 0 Å². The lowest BCUT2D eigenvalue weighted by Gasteiger charge is -2.35. The van der Waals surface area contributed by atoms with E-state index >= 15 is 0 Å². The average molecular weight is 220 g/mol. The number of Topliss-reactive ketones (excluding diaryl/α,β-unsaturated/α-hetero) is 1. The van der Waals surface area contributed by atoms with Gasteiger partial charge in [0.05, 0.1) is 0 Å². The summed E-state index contributed by atoms with van der Waals surface area (Å²) in [6.07, 6.45) is 6.03. The van der Waals surface area contributed by atoms with Crippen molar-refractivity contribution in [1.82, 2.24) is 0 Å². The number of rotatable bonds is 3. The van der Waals surface area contributed by atoms with E-state index in [2.05, 4.69) is 26.8 Å². The molecule has 1 heteroatoms. The molecule has 1 nitrogen and oxygen atoms in total. The van der Waals surface area contributed by atoms with Gasteiger partial charge >= 0.3 is 0 Å². The number of ketones is 1. The summed E-state index contributed by atoms with van der Waals surface area (Å²) in [6.45, 7) is 10.9. The van der Waals surface area contributed by atoms with E-state index in [0.29, 0.717) is 10.8 Å². The molecule has 3 atom stereocenters. The number of fused-ring (bicyclic) bond motifs is 1. The van der Waals surface area contributed by atoms with Gasteiger partial charge in [0.25, 0.3) is 0 Å². The molecule has 90 valence electrons. The van der Waals surface area contributed by atoms with E-state index in [1.807, 2.05) is 6.92 Å². The van der Waals surface area contributed by atoms with Crippen molar-refractivity contribution in [2.45, 2.75) is 53.9 Å². The van der Waals surface area contributed by atoms with Crippen LogP contribution in [-0.2, 0) is 4.79 Å². The fourth-order valence-corrected chi connectivity index (χ4v) is 3.54. The Morgan fingerprint density at radius 1 is 1.31 bits per heavy atom. The number of allylic oxidation sites excluding steroid dienone is 2. The Morgan fingerprint density at radius 3 is 2.38 bits per heavy atom. The zero-order chi connectivity index (χ0) is 12.1. The minimum Gasteiger partial charge on any atom is -0.295 e. The molecule has 0 bridgehead atoms. The van der Waals surface area contributed by atoms with E-state index in [4.69, 9.17) is 0 Å². The first kappa shape index (κ1) is 11.9. The van der Waals surface area contributed by atoms with Crippen molar-refractivity contribution in [1.29, 1.82) is 0 Å². The zero-order valence-corrected chi connectivity index (χ0v) is 11.3. The Morgan fingerprint density at radius 2 is 1.94 bits per heavy atom. The van der Waals surface area contributed by atoms with Gasteiger partial charge in [-0.2, -0.15) is 0 Å². The van der Waals surface area contributed by atoms with E-state index in [0.717, 1.165) is 23.8 Å². The minimum absolute atomic E-state index is 0.215. The van der Waals surface area contributed by atoms with Crippen molar-refractivity contribution in [3.63, 3.8) is 0 Å². The minimum atomic E-state index is 0.215. The molecule has 2 aliphatic rings. The maximum Gasteiger partial charge on any atom is 0.155 e. The summed E-state index contributed by atoms with van der Waals surface area (Å²) in [5.74, 6) is 1.94. The van der Waals surface area contributed by atoms with Crippen molar-refractivity contribution >= 4 is 5.78 Å². The Hall–Kier alpha value is -0.590. The van der Waals surface area contributed by atoms with Gasteiger partial charge < -0.3 is 0 Å². The maximum atomic E-state index is 11.2. The lowest BCUT2D eigenvalue weighted by atomic mass is 9.70. The van der Waals surface area contributed by atoms with Crippen LogP contribution >= 0.6 is 0 Å². The van der Waals surface area contributed by atoms with Crippen LogP contribution in [0.25, 0.3) is 0 Å². The van der Waals surface area contributed by atoms with Gasteiger partial charge in [-0.25, -0.2) is 0 Å². The fraction of sp³-hybridized carbons (Fsp3) is 0.800. The van der Waals surface area contributed by atoms with Gasteiger partial charge in [-0.15, -0.1) is 0 Å². The molecule has 0 heterocycles. The third-order valence-corrected chi connectivity index (χ3v) is 5.74. The molecule has 0 amide bonds. The van der Waals surface area contributed by atoms with E-state index in [1.54, 1.807) is 6.92 Å². The first-order valence-corrected chi connectivity index (χ1v) is 6.46. The van der Waals surface area contributed by atoms with Crippen LogP contribution in [0.4, 0.5) is 0 Å². The lowest BCUT2D eigenvalue weighted by molar-refractivity contribution is -0.113. The molecule has 16 heavy (non-hydrogen) atoms. The second-order valence-electron chi connectivity index (χ2n) is 6.65. The predicted octanol–water partition coefficient (Wildman–Crippen LogP) is 3.98. The quantitative estimate of drug-likeness (QED) is 0.657. The van der Waals surface area contributed by atoms with Gasteiger partial charge in [-0.05, 0) is 61.3 Å². The highest BCUT2D eigenvalue weighted by molar-refractivity contribution is 5.92. The number of hydrogen-bond acceptors (Lipinski definition) is 1. The van der Waals surface area contributed by atoms with Crippen LogP contribution in [0.1, 0.15) is 53.9 Å². The molecule has 0 saturated heterocycles. The Labute approximate surface area is 99.3 Å². The standard InChI is InChI=1S/C15H24O/c1-10(11(2)16)6-7-12-8-13-9-15(13,5)14(12,3)4/h6,12-13H,7-9H2,1-5H3/b10-6+. The van der Waals surface area contributed by atoms with E-state index in [-0.39, 0.29) is 5.78 Å². The monoisotopic (exact) mass is 220 g/mol. The summed E-state index contributed by atoms with van der Waals surface area (Å²) < 4.78 is 0. The predicted molar refractivity (Wildman–Crippen MR) is 67.2 cm³/mol. The highest BCUT2D eigenvalue weighted by Gasteiger charge is 2.66. The molecular formula is C15H24O. The first-order chi connectivity index (χ1) is 7.29. The average Bonchev–Trinajstić information content (AvgIpc) is 2.79. The van der Waals surface area contributed by atoms with E-state index in [1.165, 1.54) is 12.8 Å². The first-order valence-electron chi connectivity index (χ1n) is 6.46. The van der Waals surface area contributed by atoms with Crippen LogP contribution in [-0.4, -0.2) is 5.78 Å². The van der Waals surface area contributed by atoms with Crippen LogP contribution in [0.15, 0.2) is 11.6 Å². The Bertz CT molecular complexity index is 350. The van der Waals surface area contributed by atoms with Crippen LogP contribution in [0, 0.1) is 22.7 Å². The topological polar surface area (TPSA) is 17.1 Å². The van der Waals surface area contributed by atoms with E-state index < -0.39 is 0 Å². The second kappa shape index (κ2) is 3.45. The number of carbonyl (C=O) groups excluding carboxylic acids is 1. The Balaban J connectivity index is 2.04. The molecule has 0 aromatic carbocycles. The van der Waals surface area contributed by atoms with Crippen molar-refractivity contribution in [2.24, 2.45) is 22.7 Å². The van der Waals surface area contributed by atoms with Crippen molar-refractivity contribution in [2.75, 3.05) is 0 Å². The van der Waals surface area contributed by atoms with Gasteiger partial charge in [0.15, 0.2) is 5.78 Å².